The molecule has 1 heterocycles. The zero-order valence-corrected chi connectivity index (χ0v) is 11.0. The van der Waals surface area contributed by atoms with E-state index in [9.17, 15) is 0 Å². The third-order valence-electron chi connectivity index (χ3n) is 3.83. The molecular weight excluding hydrogens is 242 g/mol. The summed E-state index contributed by atoms with van der Waals surface area (Å²) in [7, 11) is 0. The lowest BCUT2D eigenvalue weighted by atomic mass is 10.0. The van der Waals surface area contributed by atoms with E-state index < -0.39 is 0 Å². The number of hydrogen-bond donors (Lipinski definition) is 1. The molecule has 4 rings (SSSR count). The number of H-pyrrole nitrogens is 1. The molecule has 4 aromatic rings. The number of para-hydroxylation sites is 1. The van der Waals surface area contributed by atoms with Gasteiger partial charge in [-0.25, -0.2) is 0 Å². The van der Waals surface area contributed by atoms with Gasteiger partial charge in [0.25, 0.3) is 0 Å². The summed E-state index contributed by atoms with van der Waals surface area (Å²) in [5, 5.41) is 5.03. The summed E-state index contributed by atoms with van der Waals surface area (Å²) >= 11 is 0. The number of hydrogen-bond acceptors (Lipinski definition) is 0. The molecule has 0 aliphatic rings. The van der Waals surface area contributed by atoms with E-state index in [1.54, 1.807) is 0 Å². The second-order valence-electron chi connectivity index (χ2n) is 5.13. The van der Waals surface area contributed by atoms with Crippen molar-refractivity contribution >= 4 is 32.6 Å². The largest absolute Gasteiger partial charge is 0.354 e. The quantitative estimate of drug-likeness (QED) is 0.476. The maximum absolute atomic E-state index is 5.40. The normalized spacial score (nSPS) is 11.2. The number of aromatic nitrogens is 1. The lowest BCUT2D eigenvalue weighted by Gasteiger charge is -2.02. The molecule has 0 unspecified atom stereocenters. The van der Waals surface area contributed by atoms with Gasteiger partial charge in [0, 0.05) is 28.2 Å². The van der Waals surface area contributed by atoms with Gasteiger partial charge in [-0.1, -0.05) is 36.4 Å². The highest BCUT2D eigenvalue weighted by Crippen LogP contribution is 2.29. The standard InChI is InChI=1S/C19H13N/c1-2-5-13-8-9-14-12-19-17(11-15(14)10-13)16-6-3-4-7-18(16)20-19/h1,3-4,6-12,20H,5H2. The molecule has 0 amide bonds. The van der Waals surface area contributed by atoms with E-state index in [1.165, 1.54) is 38.1 Å². The van der Waals surface area contributed by atoms with E-state index >= 15 is 0 Å². The van der Waals surface area contributed by atoms with Gasteiger partial charge in [-0.05, 0) is 34.5 Å². The van der Waals surface area contributed by atoms with Crippen molar-refractivity contribution in [2.45, 2.75) is 6.42 Å². The highest BCUT2D eigenvalue weighted by molar-refractivity contribution is 6.11. The summed E-state index contributed by atoms with van der Waals surface area (Å²) in [4.78, 5) is 3.48. The summed E-state index contributed by atoms with van der Waals surface area (Å²) in [6, 6.07) is 19.3. The topological polar surface area (TPSA) is 15.8 Å². The smallest absolute Gasteiger partial charge is 0.0471 e. The third-order valence-corrected chi connectivity index (χ3v) is 3.83. The molecule has 0 aliphatic carbocycles. The maximum Gasteiger partial charge on any atom is 0.0471 e. The van der Waals surface area contributed by atoms with E-state index in [0.29, 0.717) is 6.42 Å². The van der Waals surface area contributed by atoms with Crippen molar-refractivity contribution in [3.05, 3.63) is 60.2 Å². The fourth-order valence-corrected chi connectivity index (χ4v) is 2.87. The molecule has 1 heteroatoms. The van der Waals surface area contributed by atoms with Crippen LogP contribution in [0.3, 0.4) is 0 Å². The SMILES string of the molecule is C#CCc1ccc2cc3[nH]c4ccccc4c3cc2c1. The molecule has 0 aliphatic heterocycles. The van der Waals surface area contributed by atoms with Gasteiger partial charge in [0.2, 0.25) is 0 Å². The minimum atomic E-state index is 0.682. The van der Waals surface area contributed by atoms with Crippen LogP contribution in [0.25, 0.3) is 32.6 Å². The second kappa shape index (κ2) is 4.15. The first-order valence-electron chi connectivity index (χ1n) is 6.72. The molecule has 0 bridgehead atoms. The molecule has 0 fully saturated rings. The van der Waals surface area contributed by atoms with Crippen LogP contribution >= 0.6 is 0 Å². The van der Waals surface area contributed by atoms with Gasteiger partial charge < -0.3 is 4.98 Å². The van der Waals surface area contributed by atoms with E-state index in [0.717, 1.165) is 0 Å². The number of benzene rings is 3. The summed E-state index contributed by atoms with van der Waals surface area (Å²) in [5.41, 5.74) is 3.56. The van der Waals surface area contributed by atoms with E-state index in [1.807, 2.05) is 0 Å². The Hall–Kier alpha value is -2.72. The molecule has 0 saturated carbocycles. The van der Waals surface area contributed by atoms with Crippen molar-refractivity contribution in [1.29, 1.82) is 0 Å². The molecule has 3 aromatic carbocycles. The van der Waals surface area contributed by atoms with Crippen molar-refractivity contribution < 1.29 is 0 Å². The molecule has 1 nitrogen and oxygen atoms in total. The summed E-state index contributed by atoms with van der Waals surface area (Å²) in [6.45, 7) is 0. The average molecular weight is 255 g/mol. The summed E-state index contributed by atoms with van der Waals surface area (Å²) < 4.78 is 0. The van der Waals surface area contributed by atoms with Crippen LogP contribution in [-0.2, 0) is 6.42 Å². The third kappa shape index (κ3) is 1.59. The molecule has 94 valence electrons. The number of fused-ring (bicyclic) bond motifs is 4. The van der Waals surface area contributed by atoms with Gasteiger partial charge in [0.15, 0.2) is 0 Å². The molecule has 1 aromatic heterocycles. The zero-order chi connectivity index (χ0) is 13.5. The molecule has 0 radical (unpaired) electrons. The van der Waals surface area contributed by atoms with E-state index in [-0.39, 0.29) is 0 Å². The summed E-state index contributed by atoms with van der Waals surface area (Å²) in [5.74, 6) is 2.70. The highest BCUT2D eigenvalue weighted by atomic mass is 14.7. The molecule has 0 atom stereocenters. The van der Waals surface area contributed by atoms with Crippen LogP contribution in [0.2, 0.25) is 0 Å². The van der Waals surface area contributed by atoms with Gasteiger partial charge in [0.05, 0.1) is 0 Å². The molecular formula is C19H13N. The van der Waals surface area contributed by atoms with Crippen molar-refractivity contribution in [3.63, 3.8) is 0 Å². The fourth-order valence-electron chi connectivity index (χ4n) is 2.87. The zero-order valence-electron chi connectivity index (χ0n) is 11.0. The van der Waals surface area contributed by atoms with Gasteiger partial charge >= 0.3 is 0 Å². The fraction of sp³-hybridized carbons (Fsp3) is 0.0526. The Kier molecular flexibility index (Phi) is 2.31. The van der Waals surface area contributed by atoms with Crippen molar-refractivity contribution in [2.24, 2.45) is 0 Å². The first-order chi connectivity index (χ1) is 9.85. The first kappa shape index (κ1) is 11.1. The van der Waals surface area contributed by atoms with Gasteiger partial charge in [0.1, 0.15) is 0 Å². The number of terminal acetylenes is 1. The predicted octanol–water partition coefficient (Wildman–Crippen LogP) is 4.65. The average Bonchev–Trinajstić information content (AvgIpc) is 2.83. The minimum Gasteiger partial charge on any atom is -0.354 e. The number of rotatable bonds is 1. The van der Waals surface area contributed by atoms with Crippen LogP contribution in [0.1, 0.15) is 5.56 Å². The van der Waals surface area contributed by atoms with Crippen molar-refractivity contribution in [1.82, 2.24) is 4.98 Å². The monoisotopic (exact) mass is 255 g/mol. The van der Waals surface area contributed by atoms with Crippen LogP contribution in [0.5, 0.6) is 0 Å². The van der Waals surface area contributed by atoms with Crippen LogP contribution in [0.4, 0.5) is 0 Å². The van der Waals surface area contributed by atoms with Crippen LogP contribution < -0.4 is 0 Å². The maximum atomic E-state index is 5.40. The van der Waals surface area contributed by atoms with Crippen LogP contribution in [0, 0.1) is 12.3 Å². The lowest BCUT2D eigenvalue weighted by molar-refractivity contribution is 1.34. The highest BCUT2D eigenvalue weighted by Gasteiger charge is 2.05. The van der Waals surface area contributed by atoms with Crippen LogP contribution in [-0.4, -0.2) is 4.98 Å². The Morgan fingerprint density at radius 2 is 1.75 bits per heavy atom. The first-order valence-corrected chi connectivity index (χ1v) is 6.72. The van der Waals surface area contributed by atoms with Crippen molar-refractivity contribution in [2.75, 3.05) is 0 Å². The van der Waals surface area contributed by atoms with Crippen LogP contribution in [0.15, 0.2) is 54.6 Å². The predicted molar refractivity (Wildman–Crippen MR) is 85.8 cm³/mol. The Bertz CT molecular complexity index is 983. The van der Waals surface area contributed by atoms with E-state index in [2.05, 4.69) is 65.5 Å². The van der Waals surface area contributed by atoms with Gasteiger partial charge in [-0.2, -0.15) is 0 Å². The van der Waals surface area contributed by atoms with Gasteiger partial charge in [-0.15, -0.1) is 12.3 Å². The second-order valence-corrected chi connectivity index (χ2v) is 5.13. The number of aromatic amines is 1. The van der Waals surface area contributed by atoms with Gasteiger partial charge in [-0.3, -0.25) is 0 Å². The Morgan fingerprint density at radius 1 is 0.850 bits per heavy atom. The Morgan fingerprint density at radius 3 is 2.65 bits per heavy atom. The lowest BCUT2D eigenvalue weighted by Crippen LogP contribution is -1.82. The molecule has 0 spiro atoms. The summed E-state index contributed by atoms with van der Waals surface area (Å²) in [6.07, 6.45) is 6.08. The van der Waals surface area contributed by atoms with E-state index in [4.69, 9.17) is 6.42 Å². The van der Waals surface area contributed by atoms with Crippen molar-refractivity contribution in [3.8, 4) is 12.3 Å². The molecule has 1 N–H and O–H groups in total. The Labute approximate surface area is 117 Å². The minimum absolute atomic E-state index is 0.682. The number of nitrogens with one attached hydrogen (secondary N) is 1. The molecule has 20 heavy (non-hydrogen) atoms. The Balaban J connectivity index is 2.09. The molecule has 0 saturated heterocycles.